The third-order valence-electron chi connectivity index (χ3n) is 2.93. The average molecular weight is 307 g/mol. The van der Waals surface area contributed by atoms with Crippen molar-refractivity contribution in [1.82, 2.24) is 5.32 Å². The van der Waals surface area contributed by atoms with Gasteiger partial charge in [-0.2, -0.15) is 0 Å². The van der Waals surface area contributed by atoms with Crippen molar-refractivity contribution in [3.8, 4) is 11.5 Å². The van der Waals surface area contributed by atoms with Crippen LogP contribution < -0.4 is 14.8 Å². The number of para-hydroxylation sites is 1. The molecule has 0 fully saturated rings. The smallest absolute Gasteiger partial charge is 0.328 e. The lowest BCUT2D eigenvalue weighted by Gasteiger charge is -2.21. The van der Waals surface area contributed by atoms with Crippen LogP contribution in [0.15, 0.2) is 30.9 Å². The molecule has 0 saturated carbocycles. The van der Waals surface area contributed by atoms with Gasteiger partial charge in [-0.25, -0.2) is 4.79 Å². The van der Waals surface area contributed by atoms with Crippen molar-refractivity contribution in [2.45, 2.75) is 6.04 Å². The zero-order valence-electron chi connectivity index (χ0n) is 11.9. The lowest BCUT2D eigenvalue weighted by molar-refractivity contribution is -0.140. The first-order chi connectivity index (χ1) is 10.6. The molecule has 7 nitrogen and oxygen atoms in total. The van der Waals surface area contributed by atoms with Gasteiger partial charge in [0.05, 0.1) is 18.8 Å². The Labute approximate surface area is 127 Å². The maximum Gasteiger partial charge on any atom is 0.328 e. The molecule has 1 atom stereocenters. The van der Waals surface area contributed by atoms with Gasteiger partial charge in [0.1, 0.15) is 13.2 Å². The molecule has 1 heterocycles. The third-order valence-corrected chi connectivity index (χ3v) is 2.93. The number of amides is 1. The SMILES string of the molecule is C=CCOCC(NC(=O)c1cccc2c1OCCO2)C(=O)O. The van der Waals surface area contributed by atoms with Crippen LogP contribution >= 0.6 is 0 Å². The molecule has 1 aliphatic heterocycles. The van der Waals surface area contributed by atoms with E-state index in [0.29, 0.717) is 24.7 Å². The summed E-state index contributed by atoms with van der Waals surface area (Å²) < 4.78 is 15.9. The molecule has 0 bridgehead atoms. The van der Waals surface area contributed by atoms with Gasteiger partial charge in [0.25, 0.3) is 5.91 Å². The van der Waals surface area contributed by atoms with E-state index in [1.165, 1.54) is 6.08 Å². The largest absolute Gasteiger partial charge is 0.486 e. The fraction of sp³-hybridized carbons (Fsp3) is 0.333. The Morgan fingerprint density at radius 2 is 2.18 bits per heavy atom. The van der Waals surface area contributed by atoms with Crippen molar-refractivity contribution in [3.05, 3.63) is 36.4 Å². The van der Waals surface area contributed by atoms with E-state index in [4.69, 9.17) is 19.3 Å². The maximum absolute atomic E-state index is 12.3. The summed E-state index contributed by atoms with van der Waals surface area (Å²) in [6.07, 6.45) is 1.50. The molecular weight excluding hydrogens is 290 g/mol. The van der Waals surface area contributed by atoms with Crippen molar-refractivity contribution in [2.75, 3.05) is 26.4 Å². The summed E-state index contributed by atoms with van der Waals surface area (Å²) in [6.45, 7) is 4.26. The zero-order valence-corrected chi connectivity index (χ0v) is 11.9. The number of aliphatic carboxylic acids is 1. The molecular formula is C15H17NO6. The molecule has 2 N–H and O–H groups in total. The highest BCUT2D eigenvalue weighted by molar-refractivity contribution is 5.99. The molecule has 1 amide bonds. The Kier molecular flexibility index (Phi) is 5.37. The van der Waals surface area contributed by atoms with E-state index in [2.05, 4.69) is 11.9 Å². The summed E-state index contributed by atoms with van der Waals surface area (Å²) in [6, 6.07) is 3.72. The average Bonchev–Trinajstić information content (AvgIpc) is 2.53. The first-order valence-corrected chi connectivity index (χ1v) is 6.74. The predicted octanol–water partition coefficient (Wildman–Crippen LogP) is 0.843. The van der Waals surface area contributed by atoms with Gasteiger partial charge >= 0.3 is 5.97 Å². The molecule has 0 aromatic heterocycles. The Morgan fingerprint density at radius 3 is 2.91 bits per heavy atom. The van der Waals surface area contributed by atoms with Gasteiger partial charge in [0.15, 0.2) is 17.5 Å². The van der Waals surface area contributed by atoms with Crippen LogP contribution in [0, 0.1) is 0 Å². The van der Waals surface area contributed by atoms with E-state index in [-0.39, 0.29) is 18.8 Å². The fourth-order valence-corrected chi connectivity index (χ4v) is 1.93. The van der Waals surface area contributed by atoms with Gasteiger partial charge in [-0.1, -0.05) is 12.1 Å². The van der Waals surface area contributed by atoms with E-state index < -0.39 is 17.9 Å². The highest BCUT2D eigenvalue weighted by atomic mass is 16.6. The highest BCUT2D eigenvalue weighted by Crippen LogP contribution is 2.33. The number of carbonyl (C=O) groups excluding carboxylic acids is 1. The van der Waals surface area contributed by atoms with E-state index in [1.54, 1.807) is 18.2 Å². The topological polar surface area (TPSA) is 94.1 Å². The number of hydrogen-bond donors (Lipinski definition) is 2. The number of hydrogen-bond acceptors (Lipinski definition) is 5. The number of rotatable bonds is 7. The van der Waals surface area contributed by atoms with Crippen molar-refractivity contribution >= 4 is 11.9 Å². The number of nitrogens with one attached hydrogen (secondary N) is 1. The normalized spacial score (nSPS) is 14.0. The molecule has 1 aromatic carbocycles. The van der Waals surface area contributed by atoms with Gasteiger partial charge in [-0.05, 0) is 12.1 Å². The number of carboxylic acids is 1. The molecule has 118 valence electrons. The highest BCUT2D eigenvalue weighted by Gasteiger charge is 2.25. The molecule has 0 spiro atoms. The lowest BCUT2D eigenvalue weighted by Crippen LogP contribution is -2.44. The molecule has 22 heavy (non-hydrogen) atoms. The van der Waals surface area contributed by atoms with Crippen LogP contribution in [0.2, 0.25) is 0 Å². The standard InChI is InChI=1S/C15H17NO6/c1-2-6-20-9-11(15(18)19)16-14(17)10-4-3-5-12-13(10)22-8-7-21-12/h2-5,11H,1,6-9H2,(H,16,17)(H,18,19). The summed E-state index contributed by atoms with van der Waals surface area (Å²) in [5, 5.41) is 11.5. The molecule has 1 unspecified atom stereocenters. The van der Waals surface area contributed by atoms with Crippen LogP contribution in [0.25, 0.3) is 0 Å². The zero-order chi connectivity index (χ0) is 15.9. The molecule has 7 heteroatoms. The number of carboxylic acid groups (broad SMARTS) is 1. The van der Waals surface area contributed by atoms with Gasteiger partial charge in [-0.15, -0.1) is 6.58 Å². The van der Waals surface area contributed by atoms with Gasteiger partial charge < -0.3 is 24.6 Å². The number of fused-ring (bicyclic) bond motifs is 1. The minimum Gasteiger partial charge on any atom is -0.486 e. The Balaban J connectivity index is 2.10. The number of ether oxygens (including phenoxy) is 3. The van der Waals surface area contributed by atoms with Crippen molar-refractivity contribution < 1.29 is 28.9 Å². The predicted molar refractivity (Wildman–Crippen MR) is 77.3 cm³/mol. The Morgan fingerprint density at radius 1 is 1.41 bits per heavy atom. The maximum atomic E-state index is 12.3. The van der Waals surface area contributed by atoms with Crippen molar-refractivity contribution in [3.63, 3.8) is 0 Å². The minimum atomic E-state index is -1.18. The van der Waals surface area contributed by atoms with Gasteiger partial charge in [0, 0.05) is 0 Å². The van der Waals surface area contributed by atoms with Crippen LogP contribution in [-0.4, -0.2) is 49.5 Å². The third kappa shape index (κ3) is 3.76. The van der Waals surface area contributed by atoms with E-state index in [1.807, 2.05) is 0 Å². The molecule has 1 aliphatic rings. The summed E-state index contributed by atoms with van der Waals surface area (Å²) in [4.78, 5) is 23.5. The van der Waals surface area contributed by atoms with Crippen molar-refractivity contribution in [1.29, 1.82) is 0 Å². The summed E-state index contributed by atoms with van der Waals surface area (Å²) >= 11 is 0. The summed E-state index contributed by atoms with van der Waals surface area (Å²) in [5.74, 6) is -0.951. The second kappa shape index (κ2) is 7.46. The first kappa shape index (κ1) is 15.8. The molecule has 0 radical (unpaired) electrons. The van der Waals surface area contributed by atoms with E-state index in [9.17, 15) is 9.59 Å². The Bertz CT molecular complexity index is 571. The van der Waals surface area contributed by atoms with Gasteiger partial charge in [0.2, 0.25) is 0 Å². The second-order valence-electron chi connectivity index (χ2n) is 4.52. The number of benzene rings is 1. The molecule has 0 aliphatic carbocycles. The summed E-state index contributed by atoms with van der Waals surface area (Å²) in [7, 11) is 0. The quantitative estimate of drug-likeness (QED) is 0.573. The van der Waals surface area contributed by atoms with Gasteiger partial charge in [-0.3, -0.25) is 4.79 Å². The van der Waals surface area contributed by atoms with E-state index >= 15 is 0 Å². The molecule has 0 saturated heterocycles. The van der Waals surface area contributed by atoms with Crippen LogP contribution in [0.3, 0.4) is 0 Å². The molecule has 1 aromatic rings. The Hall–Kier alpha value is -2.54. The lowest BCUT2D eigenvalue weighted by atomic mass is 10.1. The molecule has 2 rings (SSSR count). The van der Waals surface area contributed by atoms with E-state index in [0.717, 1.165) is 0 Å². The van der Waals surface area contributed by atoms with Crippen molar-refractivity contribution in [2.24, 2.45) is 0 Å². The number of carbonyl (C=O) groups is 2. The monoisotopic (exact) mass is 307 g/mol. The van der Waals surface area contributed by atoms with Crippen LogP contribution in [0.4, 0.5) is 0 Å². The van der Waals surface area contributed by atoms with Crippen LogP contribution in [-0.2, 0) is 9.53 Å². The second-order valence-corrected chi connectivity index (χ2v) is 4.52. The summed E-state index contributed by atoms with van der Waals surface area (Å²) in [5.41, 5.74) is 0.229. The van der Waals surface area contributed by atoms with Crippen LogP contribution in [0.5, 0.6) is 11.5 Å². The first-order valence-electron chi connectivity index (χ1n) is 6.74. The fourth-order valence-electron chi connectivity index (χ4n) is 1.93. The minimum absolute atomic E-state index is 0.153. The van der Waals surface area contributed by atoms with Crippen LogP contribution in [0.1, 0.15) is 10.4 Å².